The molecular formula is C10H16N4O4S. The summed E-state index contributed by atoms with van der Waals surface area (Å²) in [5, 5.41) is 10.5. The number of nitro benzene ring substituents is 1. The Morgan fingerprint density at radius 1 is 1.32 bits per heavy atom. The predicted octanol–water partition coefficient (Wildman–Crippen LogP) is -0.151. The predicted molar refractivity (Wildman–Crippen MR) is 69.7 cm³/mol. The Labute approximate surface area is 111 Å². The molecule has 0 aliphatic heterocycles. The molecule has 0 fully saturated rings. The standard InChI is InChI=1S/C10H16N4O4S/c1-2-13(7-10(11)12)19(17,18)9-5-3-8(4-6-9)14(15)16/h3-6,10H,2,7,11-12H2,1H3. The van der Waals surface area contributed by atoms with Crippen LogP contribution in [-0.2, 0) is 10.0 Å². The maximum Gasteiger partial charge on any atom is 0.269 e. The minimum atomic E-state index is -3.74. The third kappa shape index (κ3) is 3.70. The lowest BCUT2D eigenvalue weighted by atomic mass is 10.3. The average molecular weight is 288 g/mol. The normalized spacial score (nSPS) is 12.1. The van der Waals surface area contributed by atoms with Crippen LogP contribution in [-0.4, -0.2) is 36.9 Å². The number of nitrogens with two attached hydrogens (primary N) is 2. The number of non-ortho nitro benzene ring substituents is 1. The third-order valence-corrected chi connectivity index (χ3v) is 4.41. The number of sulfonamides is 1. The molecule has 0 saturated carbocycles. The first-order valence-corrected chi connectivity index (χ1v) is 6.98. The molecule has 8 nitrogen and oxygen atoms in total. The first-order chi connectivity index (χ1) is 8.78. The summed E-state index contributed by atoms with van der Waals surface area (Å²) in [6.07, 6.45) is -0.784. The van der Waals surface area contributed by atoms with E-state index in [4.69, 9.17) is 11.5 Å². The van der Waals surface area contributed by atoms with Gasteiger partial charge in [0.15, 0.2) is 0 Å². The van der Waals surface area contributed by atoms with E-state index < -0.39 is 21.1 Å². The number of rotatable bonds is 6. The molecule has 0 radical (unpaired) electrons. The summed E-state index contributed by atoms with van der Waals surface area (Å²) >= 11 is 0. The van der Waals surface area contributed by atoms with Gasteiger partial charge in [-0.05, 0) is 12.1 Å². The highest BCUT2D eigenvalue weighted by Gasteiger charge is 2.24. The van der Waals surface area contributed by atoms with Gasteiger partial charge in [0.25, 0.3) is 5.69 Å². The van der Waals surface area contributed by atoms with E-state index >= 15 is 0 Å². The van der Waals surface area contributed by atoms with Crippen LogP contribution in [0.2, 0.25) is 0 Å². The van der Waals surface area contributed by atoms with Crippen LogP contribution in [0.5, 0.6) is 0 Å². The lowest BCUT2D eigenvalue weighted by Gasteiger charge is -2.22. The minimum Gasteiger partial charge on any atom is -0.315 e. The zero-order chi connectivity index (χ0) is 14.6. The monoisotopic (exact) mass is 288 g/mol. The van der Waals surface area contributed by atoms with Crippen molar-refractivity contribution in [2.45, 2.75) is 18.0 Å². The molecule has 1 aromatic carbocycles. The molecule has 4 N–H and O–H groups in total. The van der Waals surface area contributed by atoms with Crippen LogP contribution in [0.4, 0.5) is 5.69 Å². The zero-order valence-electron chi connectivity index (χ0n) is 10.4. The molecule has 1 rings (SSSR count). The largest absolute Gasteiger partial charge is 0.315 e. The van der Waals surface area contributed by atoms with Gasteiger partial charge in [-0.3, -0.25) is 10.1 Å². The topological polar surface area (TPSA) is 133 Å². The molecule has 0 amide bonds. The summed E-state index contributed by atoms with van der Waals surface area (Å²) in [7, 11) is -3.74. The molecular weight excluding hydrogens is 272 g/mol. The van der Waals surface area contributed by atoms with E-state index in [1.165, 1.54) is 12.1 Å². The Hall–Kier alpha value is -1.55. The van der Waals surface area contributed by atoms with Gasteiger partial charge in [0.2, 0.25) is 10.0 Å². The molecule has 19 heavy (non-hydrogen) atoms. The SMILES string of the molecule is CCN(CC(N)N)S(=O)(=O)c1ccc([N+](=O)[O-])cc1. The van der Waals surface area contributed by atoms with E-state index in [-0.39, 0.29) is 23.7 Å². The highest BCUT2D eigenvalue weighted by molar-refractivity contribution is 7.89. The van der Waals surface area contributed by atoms with Crippen LogP contribution < -0.4 is 11.5 Å². The number of nitrogens with zero attached hydrogens (tertiary/aromatic N) is 2. The van der Waals surface area contributed by atoms with Gasteiger partial charge in [-0.2, -0.15) is 4.31 Å². The van der Waals surface area contributed by atoms with E-state index in [0.29, 0.717) is 0 Å². The van der Waals surface area contributed by atoms with Crippen molar-refractivity contribution in [3.8, 4) is 0 Å². The van der Waals surface area contributed by atoms with Crippen LogP contribution in [0, 0.1) is 10.1 Å². The molecule has 0 aromatic heterocycles. The van der Waals surface area contributed by atoms with Crippen molar-refractivity contribution in [3.05, 3.63) is 34.4 Å². The van der Waals surface area contributed by atoms with Gasteiger partial charge in [0, 0.05) is 25.2 Å². The first-order valence-electron chi connectivity index (χ1n) is 5.54. The second kappa shape index (κ2) is 6.06. The van der Waals surface area contributed by atoms with E-state index in [1.54, 1.807) is 6.92 Å². The number of benzene rings is 1. The summed E-state index contributed by atoms with van der Waals surface area (Å²) in [5.74, 6) is 0. The van der Waals surface area contributed by atoms with Crippen molar-refractivity contribution in [2.75, 3.05) is 13.1 Å². The molecule has 9 heteroatoms. The molecule has 0 heterocycles. The molecule has 106 valence electrons. The second-order valence-electron chi connectivity index (χ2n) is 3.87. The maximum absolute atomic E-state index is 12.2. The summed E-state index contributed by atoms with van der Waals surface area (Å²) in [5.41, 5.74) is 10.6. The van der Waals surface area contributed by atoms with Crippen molar-refractivity contribution in [1.82, 2.24) is 4.31 Å². The van der Waals surface area contributed by atoms with Crippen LogP contribution in [0.3, 0.4) is 0 Å². The van der Waals surface area contributed by atoms with Gasteiger partial charge < -0.3 is 11.5 Å². The fourth-order valence-corrected chi connectivity index (χ4v) is 3.01. The molecule has 0 saturated heterocycles. The van der Waals surface area contributed by atoms with Crippen molar-refractivity contribution in [3.63, 3.8) is 0 Å². The van der Waals surface area contributed by atoms with Crippen LogP contribution in [0.25, 0.3) is 0 Å². The van der Waals surface area contributed by atoms with Gasteiger partial charge in [-0.15, -0.1) is 0 Å². The lowest BCUT2D eigenvalue weighted by molar-refractivity contribution is -0.384. The number of likely N-dealkylation sites (N-methyl/N-ethyl adjacent to an activating group) is 1. The Balaban J connectivity index is 3.08. The van der Waals surface area contributed by atoms with Crippen molar-refractivity contribution in [1.29, 1.82) is 0 Å². The molecule has 0 atom stereocenters. The smallest absolute Gasteiger partial charge is 0.269 e. The molecule has 0 unspecified atom stereocenters. The van der Waals surface area contributed by atoms with Gasteiger partial charge in [0.1, 0.15) is 0 Å². The third-order valence-electron chi connectivity index (χ3n) is 2.45. The summed E-state index contributed by atoms with van der Waals surface area (Å²) in [4.78, 5) is 9.89. The van der Waals surface area contributed by atoms with Gasteiger partial charge in [-0.25, -0.2) is 8.42 Å². The van der Waals surface area contributed by atoms with Crippen molar-refractivity contribution < 1.29 is 13.3 Å². The summed E-state index contributed by atoms with van der Waals surface area (Å²) < 4.78 is 25.6. The van der Waals surface area contributed by atoms with Crippen molar-refractivity contribution in [2.24, 2.45) is 11.5 Å². The lowest BCUT2D eigenvalue weighted by Crippen LogP contribution is -2.45. The van der Waals surface area contributed by atoms with E-state index in [0.717, 1.165) is 16.4 Å². The van der Waals surface area contributed by atoms with Gasteiger partial charge in [-0.1, -0.05) is 6.92 Å². The van der Waals surface area contributed by atoms with E-state index in [9.17, 15) is 18.5 Å². The fraction of sp³-hybridized carbons (Fsp3) is 0.400. The van der Waals surface area contributed by atoms with E-state index in [2.05, 4.69) is 0 Å². The molecule has 0 aliphatic carbocycles. The minimum absolute atomic E-state index is 0.0180. The zero-order valence-corrected chi connectivity index (χ0v) is 11.2. The highest BCUT2D eigenvalue weighted by Crippen LogP contribution is 2.19. The fourth-order valence-electron chi connectivity index (χ4n) is 1.52. The van der Waals surface area contributed by atoms with Gasteiger partial charge in [0.05, 0.1) is 16.0 Å². The van der Waals surface area contributed by atoms with Crippen LogP contribution in [0.15, 0.2) is 29.2 Å². The molecule has 0 bridgehead atoms. The van der Waals surface area contributed by atoms with Crippen molar-refractivity contribution >= 4 is 15.7 Å². The Bertz CT molecular complexity index is 541. The first kappa shape index (κ1) is 15.5. The number of hydrogen-bond donors (Lipinski definition) is 2. The maximum atomic E-state index is 12.2. The molecule has 0 aliphatic rings. The van der Waals surface area contributed by atoms with Gasteiger partial charge >= 0.3 is 0 Å². The Morgan fingerprint density at radius 2 is 1.84 bits per heavy atom. The number of nitro groups is 1. The molecule has 1 aromatic rings. The van der Waals surface area contributed by atoms with Crippen LogP contribution in [0.1, 0.15) is 6.92 Å². The summed E-state index contributed by atoms with van der Waals surface area (Å²) in [6, 6.07) is 4.67. The quantitative estimate of drug-likeness (QED) is 0.425. The Morgan fingerprint density at radius 3 is 2.21 bits per heavy atom. The summed E-state index contributed by atoms with van der Waals surface area (Å²) in [6.45, 7) is 1.85. The van der Waals surface area contributed by atoms with Crippen LogP contribution >= 0.6 is 0 Å². The molecule has 0 spiro atoms. The second-order valence-corrected chi connectivity index (χ2v) is 5.81. The van der Waals surface area contributed by atoms with E-state index in [1.807, 2.05) is 0 Å². The number of hydrogen-bond acceptors (Lipinski definition) is 6. The Kier molecular flexibility index (Phi) is 4.95. The highest BCUT2D eigenvalue weighted by atomic mass is 32.2. The average Bonchev–Trinajstić information content (AvgIpc) is 2.35.